The van der Waals surface area contributed by atoms with E-state index >= 15 is 0 Å². The lowest BCUT2D eigenvalue weighted by molar-refractivity contribution is -0.111. The lowest BCUT2D eigenvalue weighted by Crippen LogP contribution is -2.22. The molecule has 6 heteroatoms. The van der Waals surface area contributed by atoms with Gasteiger partial charge in [-0.2, -0.15) is 5.10 Å². The first-order chi connectivity index (χ1) is 5.77. The molecular formula is C6H5N3OS2. The molecule has 2 heterocycles. The van der Waals surface area contributed by atoms with Gasteiger partial charge in [-0.3, -0.25) is 10.2 Å². The second-order valence-electron chi connectivity index (χ2n) is 2.11. The molecule has 1 aliphatic rings. The van der Waals surface area contributed by atoms with Crippen LogP contribution in [0.15, 0.2) is 21.4 Å². The summed E-state index contributed by atoms with van der Waals surface area (Å²) >= 11 is 2.84. The number of carbonyl (C=O) groups is 1. The standard InChI is InChI=1S/C6H5N3OS2/c7-4(10)6-9-8-5-3(12-6)1-2-11-5/h1-2,8H,(H2,7,10). The van der Waals surface area contributed by atoms with Gasteiger partial charge in [0, 0.05) is 0 Å². The van der Waals surface area contributed by atoms with Crippen molar-refractivity contribution in [3.05, 3.63) is 11.4 Å². The number of thiophene rings is 1. The van der Waals surface area contributed by atoms with E-state index in [1.807, 2.05) is 11.4 Å². The van der Waals surface area contributed by atoms with Crippen LogP contribution in [0.25, 0.3) is 0 Å². The highest BCUT2D eigenvalue weighted by atomic mass is 32.2. The van der Waals surface area contributed by atoms with Crippen molar-refractivity contribution in [3.8, 4) is 0 Å². The zero-order valence-corrected chi connectivity index (χ0v) is 7.54. The number of anilines is 1. The Kier molecular flexibility index (Phi) is 1.78. The molecule has 0 saturated carbocycles. The van der Waals surface area contributed by atoms with Crippen LogP contribution >= 0.6 is 23.1 Å². The molecule has 0 aromatic carbocycles. The summed E-state index contributed by atoms with van der Waals surface area (Å²) in [6.45, 7) is 0. The minimum atomic E-state index is -0.496. The molecule has 4 nitrogen and oxygen atoms in total. The minimum absolute atomic E-state index is 0.306. The van der Waals surface area contributed by atoms with Crippen molar-refractivity contribution in [2.45, 2.75) is 4.90 Å². The number of amides is 1. The molecule has 0 radical (unpaired) electrons. The molecule has 1 aliphatic heterocycles. The normalized spacial score (nSPS) is 14.5. The summed E-state index contributed by atoms with van der Waals surface area (Å²) in [7, 11) is 0. The average Bonchev–Trinajstić information content (AvgIpc) is 2.49. The molecule has 1 aromatic rings. The number of hydrogen-bond acceptors (Lipinski definition) is 5. The lowest BCUT2D eigenvalue weighted by Gasteiger charge is -2.09. The Balaban J connectivity index is 2.29. The molecule has 2 rings (SSSR count). The maximum Gasteiger partial charge on any atom is 0.276 e. The Hall–Kier alpha value is -1.01. The minimum Gasteiger partial charge on any atom is -0.364 e. The van der Waals surface area contributed by atoms with E-state index in [-0.39, 0.29) is 0 Å². The number of primary amides is 1. The summed E-state index contributed by atoms with van der Waals surface area (Å²) in [6.07, 6.45) is 0. The van der Waals surface area contributed by atoms with Gasteiger partial charge in [0.2, 0.25) is 0 Å². The van der Waals surface area contributed by atoms with Crippen molar-refractivity contribution in [1.82, 2.24) is 0 Å². The number of nitrogens with two attached hydrogens (primary N) is 1. The van der Waals surface area contributed by atoms with E-state index < -0.39 is 5.91 Å². The average molecular weight is 199 g/mol. The molecule has 0 atom stereocenters. The predicted molar refractivity (Wildman–Crippen MR) is 50.4 cm³/mol. The van der Waals surface area contributed by atoms with E-state index in [0.29, 0.717) is 5.04 Å². The zero-order valence-electron chi connectivity index (χ0n) is 5.90. The van der Waals surface area contributed by atoms with Crippen LogP contribution in [-0.2, 0) is 4.79 Å². The van der Waals surface area contributed by atoms with Crippen molar-refractivity contribution in [1.29, 1.82) is 0 Å². The van der Waals surface area contributed by atoms with Crippen molar-refractivity contribution in [2.75, 3.05) is 5.43 Å². The van der Waals surface area contributed by atoms with Gasteiger partial charge in [0.15, 0.2) is 5.04 Å². The van der Waals surface area contributed by atoms with Crippen LogP contribution in [0.2, 0.25) is 0 Å². The highest BCUT2D eigenvalue weighted by Gasteiger charge is 2.17. The molecule has 0 fully saturated rings. The van der Waals surface area contributed by atoms with Crippen molar-refractivity contribution in [2.24, 2.45) is 10.8 Å². The topological polar surface area (TPSA) is 67.5 Å². The summed E-state index contributed by atoms with van der Waals surface area (Å²) in [6, 6.07) is 1.93. The smallest absolute Gasteiger partial charge is 0.276 e. The maximum absolute atomic E-state index is 10.7. The van der Waals surface area contributed by atoms with Gasteiger partial charge in [0.05, 0.1) is 4.90 Å². The van der Waals surface area contributed by atoms with E-state index in [4.69, 9.17) is 5.73 Å². The first-order valence-electron chi connectivity index (χ1n) is 3.16. The van der Waals surface area contributed by atoms with Crippen LogP contribution in [0.3, 0.4) is 0 Å². The quantitative estimate of drug-likeness (QED) is 0.710. The molecular weight excluding hydrogens is 194 g/mol. The Labute approximate surface area is 76.8 Å². The van der Waals surface area contributed by atoms with Crippen LogP contribution in [0, 0.1) is 0 Å². The Bertz CT molecular complexity index is 357. The number of nitrogens with one attached hydrogen (secondary N) is 1. The first kappa shape index (κ1) is 7.63. The summed E-state index contributed by atoms with van der Waals surface area (Å²) in [5, 5.41) is 7.01. The lowest BCUT2D eigenvalue weighted by atomic mass is 10.6. The van der Waals surface area contributed by atoms with Gasteiger partial charge < -0.3 is 5.73 Å². The second-order valence-corrected chi connectivity index (χ2v) is 4.06. The number of carbonyl (C=O) groups excluding carboxylic acids is 1. The van der Waals surface area contributed by atoms with Crippen LogP contribution < -0.4 is 11.2 Å². The predicted octanol–water partition coefficient (Wildman–Crippen LogP) is 1.06. The SMILES string of the molecule is NC(=O)C1=NNc2sccc2S1. The van der Waals surface area contributed by atoms with E-state index in [1.54, 1.807) is 11.3 Å². The van der Waals surface area contributed by atoms with E-state index in [1.165, 1.54) is 11.8 Å². The molecule has 62 valence electrons. The zero-order chi connectivity index (χ0) is 8.55. The highest BCUT2D eigenvalue weighted by Crippen LogP contribution is 2.36. The van der Waals surface area contributed by atoms with Gasteiger partial charge in [-0.25, -0.2) is 0 Å². The molecule has 0 unspecified atom stereocenters. The van der Waals surface area contributed by atoms with Crippen LogP contribution in [0.1, 0.15) is 0 Å². The number of rotatable bonds is 1. The number of nitrogens with zero attached hydrogens (tertiary/aromatic N) is 1. The van der Waals surface area contributed by atoms with Gasteiger partial charge in [-0.05, 0) is 11.4 Å². The van der Waals surface area contributed by atoms with Crippen molar-refractivity contribution >= 4 is 39.1 Å². The summed E-state index contributed by atoms with van der Waals surface area (Å²) in [5.74, 6) is -0.496. The molecule has 0 aliphatic carbocycles. The van der Waals surface area contributed by atoms with E-state index in [2.05, 4.69) is 10.5 Å². The van der Waals surface area contributed by atoms with Gasteiger partial charge in [0.1, 0.15) is 5.00 Å². The second kappa shape index (κ2) is 2.80. The van der Waals surface area contributed by atoms with Crippen molar-refractivity contribution in [3.63, 3.8) is 0 Å². The van der Waals surface area contributed by atoms with Crippen LogP contribution in [0.4, 0.5) is 5.00 Å². The third-order valence-electron chi connectivity index (χ3n) is 1.31. The van der Waals surface area contributed by atoms with Crippen molar-refractivity contribution < 1.29 is 4.79 Å². The molecule has 1 amide bonds. The molecule has 0 bridgehead atoms. The number of thioether (sulfide) groups is 1. The van der Waals surface area contributed by atoms with Crippen LogP contribution in [0.5, 0.6) is 0 Å². The van der Waals surface area contributed by atoms with Crippen LogP contribution in [-0.4, -0.2) is 11.0 Å². The summed E-state index contributed by atoms with van der Waals surface area (Å²) < 4.78 is 0. The van der Waals surface area contributed by atoms with Gasteiger partial charge in [-0.1, -0.05) is 11.8 Å². The Morgan fingerprint density at radius 1 is 1.67 bits per heavy atom. The number of hydrogen-bond donors (Lipinski definition) is 2. The van der Waals surface area contributed by atoms with E-state index in [9.17, 15) is 4.79 Å². The largest absolute Gasteiger partial charge is 0.364 e. The maximum atomic E-state index is 10.7. The fraction of sp³-hybridized carbons (Fsp3) is 0. The van der Waals surface area contributed by atoms with Gasteiger partial charge in [0.25, 0.3) is 5.91 Å². The highest BCUT2D eigenvalue weighted by molar-refractivity contribution is 8.16. The monoisotopic (exact) mass is 199 g/mol. The third-order valence-corrected chi connectivity index (χ3v) is 3.30. The fourth-order valence-electron chi connectivity index (χ4n) is 0.793. The van der Waals surface area contributed by atoms with Gasteiger partial charge >= 0.3 is 0 Å². The number of fused-ring (bicyclic) bond motifs is 1. The van der Waals surface area contributed by atoms with E-state index in [0.717, 1.165) is 9.90 Å². The number of hydrazone groups is 1. The molecule has 1 aromatic heterocycles. The molecule has 12 heavy (non-hydrogen) atoms. The summed E-state index contributed by atoms with van der Waals surface area (Å²) in [5.41, 5.74) is 7.82. The first-order valence-corrected chi connectivity index (χ1v) is 4.86. The molecule has 0 saturated heterocycles. The van der Waals surface area contributed by atoms with Gasteiger partial charge in [-0.15, -0.1) is 11.3 Å². The fourth-order valence-corrected chi connectivity index (χ4v) is 2.45. The summed E-state index contributed by atoms with van der Waals surface area (Å²) in [4.78, 5) is 11.7. The third kappa shape index (κ3) is 1.19. The molecule has 0 spiro atoms. The Morgan fingerprint density at radius 2 is 2.50 bits per heavy atom. The Morgan fingerprint density at radius 3 is 3.25 bits per heavy atom. The molecule has 3 N–H and O–H groups in total.